The number of ether oxygens (including phenoxy) is 1. The van der Waals surface area contributed by atoms with Crippen LogP contribution in [0.5, 0.6) is 5.75 Å². The van der Waals surface area contributed by atoms with Gasteiger partial charge in [-0.15, -0.1) is 0 Å². The van der Waals surface area contributed by atoms with Crippen molar-refractivity contribution in [2.45, 2.75) is 32.0 Å². The van der Waals surface area contributed by atoms with Crippen molar-refractivity contribution >= 4 is 17.7 Å². The second-order valence-electron chi connectivity index (χ2n) is 7.65. The topological polar surface area (TPSA) is 125 Å². The smallest absolute Gasteiger partial charge is 0.256 e. The molecule has 0 aliphatic carbocycles. The quantitative estimate of drug-likeness (QED) is 0.448. The van der Waals surface area contributed by atoms with E-state index < -0.39 is 0 Å². The highest BCUT2D eigenvalue weighted by Gasteiger charge is 2.27. The minimum Gasteiger partial charge on any atom is -0.497 e. The third-order valence-electron chi connectivity index (χ3n) is 5.51. The first-order chi connectivity index (χ1) is 16.2. The Labute approximate surface area is 192 Å². The van der Waals surface area contributed by atoms with E-state index in [-0.39, 0.29) is 25.1 Å². The number of carbonyl (C=O) groups is 1. The van der Waals surface area contributed by atoms with Crippen LogP contribution in [0.25, 0.3) is 0 Å². The summed E-state index contributed by atoms with van der Waals surface area (Å²) < 4.78 is 5.21. The number of nitrogens with one attached hydrogen (secondary N) is 2. The molecule has 1 saturated heterocycles. The van der Waals surface area contributed by atoms with Crippen molar-refractivity contribution in [2.75, 3.05) is 30.5 Å². The van der Waals surface area contributed by atoms with Crippen molar-refractivity contribution in [3.63, 3.8) is 0 Å². The van der Waals surface area contributed by atoms with Crippen molar-refractivity contribution in [1.29, 1.82) is 0 Å². The number of rotatable bonds is 9. The van der Waals surface area contributed by atoms with Crippen molar-refractivity contribution in [2.24, 2.45) is 0 Å². The number of anilines is 2. The zero-order chi connectivity index (χ0) is 23.0. The highest BCUT2D eigenvalue weighted by molar-refractivity contribution is 5.98. The molecular formula is C23H27N7O3. The SMILES string of the molecule is COc1ccc(CNc2nc(N3CCCC3CO)ncc2C(=O)NCc2ncccn2)cc1. The summed E-state index contributed by atoms with van der Waals surface area (Å²) in [5, 5.41) is 15.8. The van der Waals surface area contributed by atoms with Crippen molar-refractivity contribution in [3.05, 3.63) is 65.9 Å². The van der Waals surface area contributed by atoms with E-state index in [2.05, 4.69) is 30.6 Å². The van der Waals surface area contributed by atoms with Gasteiger partial charge < -0.3 is 25.4 Å². The average molecular weight is 450 g/mol. The number of methoxy groups -OCH3 is 1. The summed E-state index contributed by atoms with van der Waals surface area (Å²) in [6, 6.07) is 9.36. The Morgan fingerprint density at radius 2 is 1.97 bits per heavy atom. The predicted octanol–water partition coefficient (Wildman–Crippen LogP) is 1.78. The molecule has 0 saturated carbocycles. The van der Waals surface area contributed by atoms with Crippen LogP contribution in [-0.2, 0) is 13.1 Å². The summed E-state index contributed by atoms with van der Waals surface area (Å²) in [5.41, 5.74) is 1.33. The number of amides is 1. The Hall–Kier alpha value is -3.79. The van der Waals surface area contributed by atoms with Crippen LogP contribution in [0, 0.1) is 0 Å². The summed E-state index contributed by atoms with van der Waals surface area (Å²) in [5.74, 6) is 1.87. The van der Waals surface area contributed by atoms with E-state index in [0.29, 0.717) is 29.7 Å². The first kappa shape index (κ1) is 22.4. The summed E-state index contributed by atoms with van der Waals surface area (Å²) in [4.78, 5) is 32.3. The average Bonchev–Trinajstić information content (AvgIpc) is 3.36. The Morgan fingerprint density at radius 1 is 1.18 bits per heavy atom. The Morgan fingerprint density at radius 3 is 2.70 bits per heavy atom. The zero-order valence-electron chi connectivity index (χ0n) is 18.4. The molecule has 172 valence electrons. The van der Waals surface area contributed by atoms with Gasteiger partial charge in [0.2, 0.25) is 5.95 Å². The van der Waals surface area contributed by atoms with Gasteiger partial charge in [-0.3, -0.25) is 4.79 Å². The highest BCUT2D eigenvalue weighted by atomic mass is 16.5. The molecule has 0 spiro atoms. The number of hydrogen-bond donors (Lipinski definition) is 3. The molecule has 10 nitrogen and oxygen atoms in total. The van der Waals surface area contributed by atoms with Crippen LogP contribution >= 0.6 is 0 Å². The third kappa shape index (κ3) is 5.53. The molecule has 1 aliphatic rings. The number of carbonyl (C=O) groups excluding carboxylic acids is 1. The Bertz CT molecular complexity index is 1060. The van der Waals surface area contributed by atoms with Crippen LogP contribution in [0.1, 0.15) is 34.6 Å². The van der Waals surface area contributed by atoms with E-state index >= 15 is 0 Å². The molecular weight excluding hydrogens is 422 g/mol. The van der Waals surface area contributed by atoms with Gasteiger partial charge in [0, 0.05) is 31.7 Å². The van der Waals surface area contributed by atoms with E-state index in [1.54, 1.807) is 25.6 Å². The third-order valence-corrected chi connectivity index (χ3v) is 5.51. The molecule has 1 fully saturated rings. The number of aliphatic hydroxyl groups is 1. The molecule has 1 aliphatic heterocycles. The largest absolute Gasteiger partial charge is 0.497 e. The fraction of sp³-hybridized carbons (Fsp3) is 0.348. The van der Waals surface area contributed by atoms with Crippen LogP contribution in [0.2, 0.25) is 0 Å². The normalized spacial score (nSPS) is 15.3. The van der Waals surface area contributed by atoms with E-state index in [0.717, 1.165) is 30.7 Å². The molecule has 3 aromatic rings. The van der Waals surface area contributed by atoms with Gasteiger partial charge >= 0.3 is 0 Å². The number of nitrogens with zero attached hydrogens (tertiary/aromatic N) is 5. The molecule has 1 aromatic carbocycles. The molecule has 1 amide bonds. The summed E-state index contributed by atoms with van der Waals surface area (Å²) in [6.45, 7) is 1.46. The Balaban J connectivity index is 1.54. The van der Waals surface area contributed by atoms with Gasteiger partial charge in [-0.1, -0.05) is 12.1 Å². The van der Waals surface area contributed by atoms with Gasteiger partial charge in [0.05, 0.1) is 26.3 Å². The highest BCUT2D eigenvalue weighted by Crippen LogP contribution is 2.25. The van der Waals surface area contributed by atoms with Crippen LogP contribution in [-0.4, -0.2) is 57.3 Å². The van der Waals surface area contributed by atoms with Crippen LogP contribution in [0.4, 0.5) is 11.8 Å². The van der Waals surface area contributed by atoms with Gasteiger partial charge in [-0.2, -0.15) is 4.98 Å². The molecule has 3 heterocycles. The second kappa shape index (κ2) is 10.7. The molecule has 1 unspecified atom stereocenters. The fourth-order valence-corrected chi connectivity index (χ4v) is 3.71. The molecule has 1 atom stereocenters. The van der Waals surface area contributed by atoms with Gasteiger partial charge in [0.15, 0.2) is 0 Å². The van der Waals surface area contributed by atoms with Crippen molar-refractivity contribution in [3.8, 4) is 5.75 Å². The summed E-state index contributed by atoms with van der Waals surface area (Å²) in [6.07, 6.45) is 6.62. The minimum atomic E-state index is -0.327. The van der Waals surface area contributed by atoms with Crippen LogP contribution in [0.15, 0.2) is 48.9 Å². The second-order valence-corrected chi connectivity index (χ2v) is 7.65. The molecule has 33 heavy (non-hydrogen) atoms. The zero-order valence-corrected chi connectivity index (χ0v) is 18.4. The molecule has 10 heteroatoms. The lowest BCUT2D eigenvalue weighted by Crippen LogP contribution is -2.34. The van der Waals surface area contributed by atoms with Crippen LogP contribution < -0.4 is 20.3 Å². The van der Waals surface area contributed by atoms with Crippen molar-refractivity contribution < 1.29 is 14.6 Å². The standard InChI is InChI=1S/C23H27N7O3/c1-33-18-7-5-16(6-8-18)12-26-21-19(22(32)27-14-20-24-9-3-10-25-20)13-28-23(29-21)30-11-2-4-17(30)15-31/h3,5-10,13,17,31H,2,4,11-12,14-15H2,1H3,(H,27,32)(H,26,28,29). The number of aliphatic hydroxyl groups excluding tert-OH is 1. The van der Waals surface area contributed by atoms with Gasteiger partial charge in [0.25, 0.3) is 5.91 Å². The van der Waals surface area contributed by atoms with Crippen molar-refractivity contribution in [1.82, 2.24) is 25.3 Å². The maximum atomic E-state index is 12.9. The first-order valence-electron chi connectivity index (χ1n) is 10.8. The van der Waals surface area contributed by atoms with E-state index in [9.17, 15) is 9.90 Å². The molecule has 3 N–H and O–H groups in total. The number of benzene rings is 1. The van der Waals surface area contributed by atoms with E-state index in [4.69, 9.17) is 4.74 Å². The van der Waals surface area contributed by atoms with E-state index in [1.165, 1.54) is 6.20 Å². The lowest BCUT2D eigenvalue weighted by atomic mass is 10.2. The molecule has 0 radical (unpaired) electrons. The van der Waals surface area contributed by atoms with Gasteiger partial charge in [-0.05, 0) is 36.6 Å². The number of hydrogen-bond acceptors (Lipinski definition) is 9. The predicted molar refractivity (Wildman–Crippen MR) is 123 cm³/mol. The Kier molecular flexibility index (Phi) is 7.26. The molecule has 0 bridgehead atoms. The summed E-state index contributed by atoms with van der Waals surface area (Å²) >= 11 is 0. The lowest BCUT2D eigenvalue weighted by molar-refractivity contribution is 0.0950. The fourth-order valence-electron chi connectivity index (χ4n) is 3.71. The maximum absolute atomic E-state index is 12.9. The first-order valence-corrected chi connectivity index (χ1v) is 10.8. The van der Waals surface area contributed by atoms with Crippen LogP contribution in [0.3, 0.4) is 0 Å². The number of aromatic nitrogens is 4. The maximum Gasteiger partial charge on any atom is 0.256 e. The van der Waals surface area contributed by atoms with E-state index in [1.807, 2.05) is 29.2 Å². The molecule has 4 rings (SSSR count). The minimum absolute atomic E-state index is 0.0191. The lowest BCUT2D eigenvalue weighted by Gasteiger charge is -2.24. The molecule has 2 aromatic heterocycles. The van der Waals surface area contributed by atoms with Gasteiger partial charge in [0.1, 0.15) is 23.0 Å². The monoisotopic (exact) mass is 449 g/mol. The summed E-state index contributed by atoms with van der Waals surface area (Å²) in [7, 11) is 1.62. The van der Waals surface area contributed by atoms with Gasteiger partial charge in [-0.25, -0.2) is 15.0 Å².